The highest BCUT2D eigenvalue weighted by Gasteiger charge is 2.61. The number of epoxide rings is 1. The summed E-state index contributed by atoms with van der Waals surface area (Å²) >= 11 is 0. The minimum Gasteiger partial charge on any atom is -0.363 e. The number of ether oxygens (including phenoxy) is 1. The molecule has 0 spiro atoms. The number of sulfonamides is 1. The first-order valence-electron chi connectivity index (χ1n) is 5.66. The number of fused-ring (bicyclic) bond motifs is 1. The average molecular weight is 253 g/mol. The molecule has 3 rings (SSSR count). The molecular formula is C12H15NO3S. The van der Waals surface area contributed by atoms with Gasteiger partial charge in [0.25, 0.3) is 0 Å². The topological polar surface area (TPSA) is 49.9 Å². The molecule has 2 aliphatic heterocycles. The molecule has 0 saturated carbocycles. The summed E-state index contributed by atoms with van der Waals surface area (Å²) in [6.07, 6.45) is 0.0859. The minimum absolute atomic E-state index is 0.0859. The molecule has 0 aromatic heterocycles. The molecule has 17 heavy (non-hydrogen) atoms. The molecule has 1 aromatic carbocycles. The highest BCUT2D eigenvalue weighted by molar-refractivity contribution is 7.89. The molecule has 2 heterocycles. The van der Waals surface area contributed by atoms with Gasteiger partial charge in [-0.05, 0) is 26.0 Å². The number of benzene rings is 1. The van der Waals surface area contributed by atoms with E-state index >= 15 is 0 Å². The van der Waals surface area contributed by atoms with Gasteiger partial charge in [0, 0.05) is 13.1 Å². The van der Waals surface area contributed by atoms with Gasteiger partial charge in [-0.25, -0.2) is 8.42 Å². The highest BCUT2D eigenvalue weighted by Crippen LogP contribution is 2.44. The maximum Gasteiger partial charge on any atom is 0.243 e. The van der Waals surface area contributed by atoms with Crippen molar-refractivity contribution in [2.75, 3.05) is 13.1 Å². The molecule has 0 aliphatic carbocycles. The van der Waals surface area contributed by atoms with Gasteiger partial charge in [0.2, 0.25) is 10.0 Å². The van der Waals surface area contributed by atoms with Gasteiger partial charge in [0.05, 0.1) is 4.90 Å². The third kappa shape index (κ3) is 1.69. The van der Waals surface area contributed by atoms with Crippen molar-refractivity contribution >= 4 is 10.0 Å². The SMILES string of the molecule is Cc1ccc(S(=O)(=O)N2C[C@H]3O[C@@]3(C)C2)cc1. The molecular weight excluding hydrogens is 238 g/mol. The number of rotatable bonds is 2. The van der Waals surface area contributed by atoms with Crippen LogP contribution < -0.4 is 0 Å². The van der Waals surface area contributed by atoms with Crippen LogP contribution in [0, 0.1) is 6.92 Å². The van der Waals surface area contributed by atoms with E-state index in [0.717, 1.165) is 5.56 Å². The van der Waals surface area contributed by atoms with Crippen molar-refractivity contribution in [3.63, 3.8) is 0 Å². The van der Waals surface area contributed by atoms with Gasteiger partial charge in [0.15, 0.2) is 0 Å². The zero-order valence-corrected chi connectivity index (χ0v) is 10.7. The number of hydrogen-bond donors (Lipinski definition) is 0. The van der Waals surface area contributed by atoms with Crippen molar-refractivity contribution in [2.24, 2.45) is 0 Å². The number of nitrogens with zero attached hydrogens (tertiary/aromatic N) is 1. The molecule has 2 fully saturated rings. The third-order valence-corrected chi connectivity index (χ3v) is 5.38. The first-order valence-corrected chi connectivity index (χ1v) is 7.10. The van der Waals surface area contributed by atoms with Crippen LogP contribution in [0.4, 0.5) is 0 Å². The molecule has 0 N–H and O–H groups in total. The zero-order chi connectivity index (χ0) is 12.3. The van der Waals surface area contributed by atoms with E-state index in [-0.39, 0.29) is 11.7 Å². The van der Waals surface area contributed by atoms with Gasteiger partial charge < -0.3 is 4.74 Å². The Morgan fingerprint density at radius 3 is 2.53 bits per heavy atom. The third-order valence-electron chi connectivity index (χ3n) is 3.55. The number of hydrogen-bond acceptors (Lipinski definition) is 3. The second kappa shape index (κ2) is 3.31. The van der Waals surface area contributed by atoms with Crippen LogP contribution in [0.25, 0.3) is 0 Å². The molecule has 0 amide bonds. The lowest BCUT2D eigenvalue weighted by Gasteiger charge is -2.18. The fourth-order valence-corrected chi connectivity index (χ4v) is 3.84. The Kier molecular flexibility index (Phi) is 2.18. The molecule has 2 saturated heterocycles. The summed E-state index contributed by atoms with van der Waals surface area (Å²) in [4.78, 5) is 0.369. The highest BCUT2D eigenvalue weighted by atomic mass is 32.2. The van der Waals surface area contributed by atoms with E-state index in [1.807, 2.05) is 26.0 Å². The minimum atomic E-state index is -3.34. The number of morpholine rings is 1. The van der Waals surface area contributed by atoms with Crippen molar-refractivity contribution in [1.29, 1.82) is 0 Å². The fraction of sp³-hybridized carbons (Fsp3) is 0.500. The molecule has 0 unspecified atom stereocenters. The van der Waals surface area contributed by atoms with Crippen molar-refractivity contribution in [1.82, 2.24) is 4.31 Å². The Labute approximate surface area is 101 Å². The first-order chi connectivity index (χ1) is 7.92. The lowest BCUT2D eigenvalue weighted by atomic mass is 10.2. The van der Waals surface area contributed by atoms with Gasteiger partial charge in [-0.1, -0.05) is 17.7 Å². The van der Waals surface area contributed by atoms with E-state index in [1.165, 1.54) is 4.31 Å². The molecule has 5 heteroatoms. The van der Waals surface area contributed by atoms with E-state index < -0.39 is 10.0 Å². The van der Waals surface area contributed by atoms with E-state index in [9.17, 15) is 8.42 Å². The summed E-state index contributed by atoms with van der Waals surface area (Å²) in [7, 11) is -3.34. The molecule has 0 radical (unpaired) electrons. The van der Waals surface area contributed by atoms with E-state index in [1.54, 1.807) is 12.1 Å². The van der Waals surface area contributed by atoms with Gasteiger partial charge in [-0.3, -0.25) is 0 Å². The average Bonchev–Trinajstić information content (AvgIpc) is 2.77. The largest absolute Gasteiger partial charge is 0.363 e. The van der Waals surface area contributed by atoms with Gasteiger partial charge in [-0.15, -0.1) is 0 Å². The maximum absolute atomic E-state index is 12.3. The van der Waals surface area contributed by atoms with Crippen LogP contribution in [0.3, 0.4) is 0 Å². The zero-order valence-electron chi connectivity index (χ0n) is 9.88. The Bertz CT molecular complexity index is 552. The van der Waals surface area contributed by atoms with Crippen LogP contribution in [-0.2, 0) is 14.8 Å². The van der Waals surface area contributed by atoms with Gasteiger partial charge in [0.1, 0.15) is 11.7 Å². The summed E-state index contributed by atoms with van der Waals surface area (Å²) in [6, 6.07) is 6.97. The van der Waals surface area contributed by atoms with Crippen molar-refractivity contribution in [3.8, 4) is 0 Å². The molecule has 4 nitrogen and oxygen atoms in total. The molecule has 2 aliphatic rings. The summed E-state index contributed by atoms with van der Waals surface area (Å²) in [6.45, 7) is 4.85. The Balaban J connectivity index is 1.89. The monoisotopic (exact) mass is 253 g/mol. The normalized spacial score (nSPS) is 32.5. The van der Waals surface area contributed by atoms with Crippen LogP contribution in [-0.4, -0.2) is 37.5 Å². The van der Waals surface area contributed by atoms with Gasteiger partial charge in [-0.2, -0.15) is 4.31 Å². The van der Waals surface area contributed by atoms with E-state index in [0.29, 0.717) is 18.0 Å². The Hall–Kier alpha value is -0.910. The van der Waals surface area contributed by atoms with E-state index in [4.69, 9.17) is 4.74 Å². The van der Waals surface area contributed by atoms with Crippen molar-refractivity contribution < 1.29 is 13.2 Å². The van der Waals surface area contributed by atoms with Crippen LogP contribution >= 0.6 is 0 Å². The number of aryl methyl sites for hydroxylation is 1. The summed E-state index contributed by atoms with van der Waals surface area (Å²) in [5.74, 6) is 0. The Morgan fingerprint density at radius 1 is 1.35 bits per heavy atom. The second-order valence-electron chi connectivity index (χ2n) is 5.03. The van der Waals surface area contributed by atoms with Crippen LogP contribution in [0.1, 0.15) is 12.5 Å². The summed E-state index contributed by atoms with van der Waals surface area (Å²) < 4.78 is 31.6. The lowest BCUT2D eigenvalue weighted by molar-refractivity contribution is 0.226. The molecule has 2 atom stereocenters. The predicted octanol–water partition coefficient (Wildman–Crippen LogP) is 1.16. The van der Waals surface area contributed by atoms with Crippen molar-refractivity contribution in [2.45, 2.75) is 30.4 Å². The quantitative estimate of drug-likeness (QED) is 0.743. The smallest absolute Gasteiger partial charge is 0.243 e. The van der Waals surface area contributed by atoms with Crippen LogP contribution in [0.15, 0.2) is 29.2 Å². The summed E-state index contributed by atoms with van der Waals surface area (Å²) in [5, 5.41) is 0. The van der Waals surface area contributed by atoms with Crippen LogP contribution in [0.5, 0.6) is 0 Å². The Morgan fingerprint density at radius 2 is 2.00 bits per heavy atom. The van der Waals surface area contributed by atoms with E-state index in [2.05, 4.69) is 0 Å². The molecule has 0 bridgehead atoms. The summed E-state index contributed by atoms with van der Waals surface area (Å²) in [5.41, 5.74) is 0.820. The lowest BCUT2D eigenvalue weighted by Crippen LogP contribution is -2.33. The standard InChI is InChI=1S/C12H15NO3S/c1-9-3-5-10(6-4-9)17(14,15)13-7-11-12(2,8-13)16-11/h3-6,11H,7-8H2,1-2H3/t11-,12+/m1/s1. The molecule has 92 valence electrons. The predicted molar refractivity (Wildman–Crippen MR) is 63.2 cm³/mol. The van der Waals surface area contributed by atoms with Crippen molar-refractivity contribution in [3.05, 3.63) is 29.8 Å². The maximum atomic E-state index is 12.3. The molecule has 1 aromatic rings. The first kappa shape index (κ1) is 11.2. The van der Waals surface area contributed by atoms with Crippen LogP contribution in [0.2, 0.25) is 0 Å². The van der Waals surface area contributed by atoms with Gasteiger partial charge >= 0.3 is 0 Å². The fourth-order valence-electron chi connectivity index (χ4n) is 2.30. The second-order valence-corrected chi connectivity index (χ2v) is 6.97.